The predicted molar refractivity (Wildman–Crippen MR) is 92.2 cm³/mol. The Labute approximate surface area is 147 Å². The van der Waals surface area contributed by atoms with Crippen LogP contribution in [-0.4, -0.2) is 36.0 Å². The zero-order chi connectivity index (χ0) is 15.4. The molecule has 1 saturated heterocycles. The number of nitrogens with zero attached hydrogens (tertiary/aromatic N) is 1. The molecule has 2 atom stereocenters. The van der Waals surface area contributed by atoms with Gasteiger partial charge in [0.15, 0.2) is 6.61 Å². The van der Waals surface area contributed by atoms with E-state index < -0.39 is 0 Å². The summed E-state index contributed by atoms with van der Waals surface area (Å²) < 4.78 is 5.51. The number of hydrogen-bond donors (Lipinski definition) is 1. The fourth-order valence-corrected chi connectivity index (χ4v) is 2.90. The molecule has 1 amide bonds. The van der Waals surface area contributed by atoms with E-state index in [1.807, 2.05) is 11.8 Å². The number of piperidine rings is 1. The number of ether oxygens (including phenoxy) is 1. The zero-order valence-corrected chi connectivity index (χ0v) is 14.8. The van der Waals surface area contributed by atoms with Gasteiger partial charge < -0.3 is 15.4 Å². The van der Waals surface area contributed by atoms with Crippen molar-refractivity contribution in [2.45, 2.75) is 38.3 Å². The molecule has 2 unspecified atom stereocenters. The zero-order valence-electron chi connectivity index (χ0n) is 12.4. The second-order valence-electron chi connectivity index (χ2n) is 5.37. The van der Waals surface area contributed by atoms with Crippen molar-refractivity contribution in [1.82, 2.24) is 4.90 Å². The van der Waals surface area contributed by atoms with E-state index in [0.717, 1.165) is 25.8 Å². The van der Waals surface area contributed by atoms with E-state index in [1.165, 1.54) is 0 Å². The quantitative estimate of drug-likeness (QED) is 0.886. The summed E-state index contributed by atoms with van der Waals surface area (Å²) in [6, 6.07) is 5.02. The number of amides is 1. The number of benzene rings is 1. The van der Waals surface area contributed by atoms with E-state index in [4.69, 9.17) is 33.7 Å². The third kappa shape index (κ3) is 4.92. The van der Waals surface area contributed by atoms with Gasteiger partial charge in [-0.2, -0.15) is 0 Å². The molecule has 1 aliphatic heterocycles. The molecule has 0 aromatic heterocycles. The molecule has 2 rings (SSSR count). The van der Waals surface area contributed by atoms with Crippen LogP contribution in [0.3, 0.4) is 0 Å². The molecule has 0 spiro atoms. The molecule has 0 bridgehead atoms. The molecule has 0 saturated carbocycles. The van der Waals surface area contributed by atoms with Crippen LogP contribution in [0.5, 0.6) is 5.75 Å². The number of halogens is 3. The Hall–Kier alpha value is -0.680. The van der Waals surface area contributed by atoms with Gasteiger partial charge in [-0.15, -0.1) is 12.4 Å². The Balaban J connectivity index is 0.00000242. The van der Waals surface area contributed by atoms with Crippen molar-refractivity contribution in [3.05, 3.63) is 28.2 Å². The minimum atomic E-state index is -0.0388. The molecule has 22 heavy (non-hydrogen) atoms. The fraction of sp³-hybridized carbons (Fsp3) is 0.533. The Morgan fingerprint density at radius 1 is 1.41 bits per heavy atom. The minimum absolute atomic E-state index is 0. The van der Waals surface area contributed by atoms with Crippen molar-refractivity contribution in [1.29, 1.82) is 0 Å². The van der Waals surface area contributed by atoms with Gasteiger partial charge in [0.05, 0.1) is 10.0 Å². The van der Waals surface area contributed by atoms with Crippen LogP contribution in [0.25, 0.3) is 0 Å². The van der Waals surface area contributed by atoms with Crippen molar-refractivity contribution in [3.8, 4) is 5.75 Å². The Kier molecular flexibility index (Phi) is 7.77. The smallest absolute Gasteiger partial charge is 0.260 e. The lowest BCUT2D eigenvalue weighted by Crippen LogP contribution is -2.52. The van der Waals surface area contributed by atoms with Crippen LogP contribution in [0.1, 0.15) is 26.2 Å². The molecule has 1 aromatic carbocycles. The Morgan fingerprint density at radius 3 is 2.77 bits per heavy atom. The summed E-state index contributed by atoms with van der Waals surface area (Å²) >= 11 is 11.8. The Morgan fingerprint density at radius 2 is 2.14 bits per heavy atom. The van der Waals surface area contributed by atoms with Crippen LogP contribution >= 0.6 is 35.6 Å². The molecule has 0 aliphatic carbocycles. The summed E-state index contributed by atoms with van der Waals surface area (Å²) in [6.45, 7) is 2.67. The number of hydrogen-bond acceptors (Lipinski definition) is 3. The Bertz CT molecular complexity index is 512. The molecule has 4 nitrogen and oxygen atoms in total. The van der Waals surface area contributed by atoms with Crippen molar-refractivity contribution in [2.75, 3.05) is 13.2 Å². The van der Waals surface area contributed by atoms with Gasteiger partial charge in [-0.05, 0) is 38.3 Å². The van der Waals surface area contributed by atoms with Crippen LogP contribution in [0.15, 0.2) is 18.2 Å². The van der Waals surface area contributed by atoms with Gasteiger partial charge >= 0.3 is 0 Å². The van der Waals surface area contributed by atoms with E-state index in [-0.39, 0.29) is 37.0 Å². The summed E-state index contributed by atoms with van der Waals surface area (Å²) in [5.41, 5.74) is 5.97. The summed E-state index contributed by atoms with van der Waals surface area (Å²) in [7, 11) is 0. The van der Waals surface area contributed by atoms with Gasteiger partial charge in [-0.1, -0.05) is 23.2 Å². The van der Waals surface area contributed by atoms with Gasteiger partial charge in [0, 0.05) is 24.7 Å². The number of likely N-dealkylation sites (tertiary alicyclic amines) is 1. The monoisotopic (exact) mass is 366 g/mol. The molecule has 2 N–H and O–H groups in total. The average molecular weight is 368 g/mol. The van der Waals surface area contributed by atoms with E-state index >= 15 is 0 Å². The number of carbonyl (C=O) groups excluding carboxylic acids is 1. The molecule has 124 valence electrons. The standard InChI is InChI=1S/C15H20Cl2N2O2.ClH/c1-10(18)14-4-2-3-7-19(14)15(20)9-21-11-5-6-12(16)13(17)8-11;/h5-6,8,10,14H,2-4,7,9,18H2,1H3;1H. The maximum atomic E-state index is 12.3. The first-order valence-corrected chi connectivity index (χ1v) is 7.87. The number of nitrogens with two attached hydrogens (primary N) is 1. The van der Waals surface area contributed by atoms with Crippen LogP contribution in [0, 0.1) is 0 Å². The van der Waals surface area contributed by atoms with E-state index in [0.29, 0.717) is 15.8 Å². The summed E-state index contributed by atoms with van der Waals surface area (Å²) in [5.74, 6) is 0.496. The molecular weight excluding hydrogens is 347 g/mol. The highest BCUT2D eigenvalue weighted by molar-refractivity contribution is 6.42. The van der Waals surface area contributed by atoms with E-state index in [2.05, 4.69) is 0 Å². The second-order valence-corrected chi connectivity index (χ2v) is 6.19. The van der Waals surface area contributed by atoms with Gasteiger partial charge in [-0.3, -0.25) is 4.79 Å². The van der Waals surface area contributed by atoms with Gasteiger partial charge in [0.1, 0.15) is 5.75 Å². The first-order chi connectivity index (χ1) is 9.99. The molecule has 0 radical (unpaired) electrons. The third-order valence-electron chi connectivity index (χ3n) is 3.73. The van der Waals surface area contributed by atoms with Crippen LogP contribution < -0.4 is 10.5 Å². The van der Waals surface area contributed by atoms with Gasteiger partial charge in [-0.25, -0.2) is 0 Å². The lowest BCUT2D eigenvalue weighted by molar-refractivity contribution is -0.137. The minimum Gasteiger partial charge on any atom is -0.484 e. The largest absolute Gasteiger partial charge is 0.484 e. The van der Waals surface area contributed by atoms with Crippen molar-refractivity contribution >= 4 is 41.5 Å². The van der Waals surface area contributed by atoms with Crippen molar-refractivity contribution in [3.63, 3.8) is 0 Å². The van der Waals surface area contributed by atoms with Crippen molar-refractivity contribution in [2.24, 2.45) is 5.73 Å². The van der Waals surface area contributed by atoms with Crippen LogP contribution in [-0.2, 0) is 4.79 Å². The van der Waals surface area contributed by atoms with Crippen LogP contribution in [0.4, 0.5) is 0 Å². The summed E-state index contributed by atoms with van der Waals surface area (Å²) in [6.07, 6.45) is 3.08. The van der Waals surface area contributed by atoms with Crippen molar-refractivity contribution < 1.29 is 9.53 Å². The van der Waals surface area contributed by atoms with E-state index in [9.17, 15) is 4.79 Å². The van der Waals surface area contributed by atoms with Gasteiger partial charge in [0.25, 0.3) is 5.91 Å². The highest BCUT2D eigenvalue weighted by atomic mass is 35.5. The molecule has 1 heterocycles. The number of carbonyl (C=O) groups is 1. The number of rotatable bonds is 4. The third-order valence-corrected chi connectivity index (χ3v) is 4.47. The second kappa shape index (κ2) is 8.82. The lowest BCUT2D eigenvalue weighted by Gasteiger charge is -2.38. The summed E-state index contributed by atoms with van der Waals surface area (Å²) in [5, 5.41) is 0.872. The van der Waals surface area contributed by atoms with Crippen LogP contribution in [0.2, 0.25) is 10.0 Å². The predicted octanol–water partition coefficient (Wildman–Crippen LogP) is 3.52. The molecule has 1 fully saturated rings. The molecular formula is C15H21Cl3N2O2. The lowest BCUT2D eigenvalue weighted by atomic mass is 9.97. The maximum absolute atomic E-state index is 12.3. The topological polar surface area (TPSA) is 55.6 Å². The first-order valence-electron chi connectivity index (χ1n) is 7.12. The summed E-state index contributed by atoms with van der Waals surface area (Å²) in [4.78, 5) is 14.2. The van der Waals surface area contributed by atoms with E-state index in [1.54, 1.807) is 18.2 Å². The highest BCUT2D eigenvalue weighted by Gasteiger charge is 2.29. The fourth-order valence-electron chi connectivity index (χ4n) is 2.61. The maximum Gasteiger partial charge on any atom is 0.260 e. The molecule has 7 heteroatoms. The first kappa shape index (κ1) is 19.4. The SMILES string of the molecule is CC(N)C1CCCCN1C(=O)COc1ccc(Cl)c(Cl)c1.Cl. The molecule has 1 aromatic rings. The average Bonchev–Trinajstić information content (AvgIpc) is 2.48. The normalized spacial score (nSPS) is 19.3. The van der Waals surface area contributed by atoms with Gasteiger partial charge in [0.2, 0.25) is 0 Å². The molecule has 1 aliphatic rings. The highest BCUT2D eigenvalue weighted by Crippen LogP contribution is 2.26.